The standard InChI is InChI=1S/C27H29ClF2N2O4S/c1-20-3-2-4-21(17-20)19-35-26(22-5-7-23(28)8-6-22)18-31-13-15-32(16-14-31)37(33,34)25-11-9-24(10-12-25)36-27(29)30/h2-12,17,26-27H,13-16,18-19H2,1H3/t26-/m1/s1. The van der Waals surface area contributed by atoms with Gasteiger partial charge in [0.05, 0.1) is 17.6 Å². The molecule has 0 radical (unpaired) electrons. The Balaban J connectivity index is 1.39. The molecule has 1 fully saturated rings. The topological polar surface area (TPSA) is 59.1 Å². The summed E-state index contributed by atoms with van der Waals surface area (Å²) >= 11 is 6.08. The van der Waals surface area contributed by atoms with Crippen LogP contribution in [-0.4, -0.2) is 57.0 Å². The molecule has 6 nitrogen and oxygen atoms in total. The maximum atomic E-state index is 13.1. The minimum atomic E-state index is -3.75. The van der Waals surface area contributed by atoms with Gasteiger partial charge in [-0.05, 0) is 54.4 Å². The molecule has 0 aliphatic carbocycles. The number of sulfonamides is 1. The van der Waals surface area contributed by atoms with Crippen molar-refractivity contribution in [3.63, 3.8) is 0 Å². The monoisotopic (exact) mass is 550 g/mol. The van der Waals surface area contributed by atoms with Crippen LogP contribution in [0.4, 0.5) is 8.78 Å². The Hall–Kier alpha value is -2.56. The second kappa shape index (κ2) is 12.3. The quantitative estimate of drug-likeness (QED) is 0.333. The number of nitrogens with zero attached hydrogens (tertiary/aromatic N) is 2. The van der Waals surface area contributed by atoms with Crippen LogP contribution >= 0.6 is 11.6 Å². The summed E-state index contributed by atoms with van der Waals surface area (Å²) in [6.45, 7) is 1.81. The van der Waals surface area contributed by atoms with Crippen molar-refractivity contribution in [2.45, 2.75) is 31.1 Å². The smallest absolute Gasteiger partial charge is 0.387 e. The van der Waals surface area contributed by atoms with Crippen molar-refractivity contribution in [2.24, 2.45) is 0 Å². The Labute approximate surface area is 221 Å². The average molecular weight is 551 g/mol. The predicted octanol–water partition coefficient (Wildman–Crippen LogP) is 5.51. The summed E-state index contributed by atoms with van der Waals surface area (Å²) in [4.78, 5) is 2.23. The van der Waals surface area contributed by atoms with Gasteiger partial charge in [-0.3, -0.25) is 4.90 Å². The number of alkyl halides is 2. The zero-order chi connectivity index (χ0) is 26.4. The van der Waals surface area contributed by atoms with E-state index in [4.69, 9.17) is 16.3 Å². The van der Waals surface area contributed by atoms with Gasteiger partial charge in [-0.1, -0.05) is 53.6 Å². The fourth-order valence-electron chi connectivity index (χ4n) is 4.26. The first kappa shape index (κ1) is 27.5. The van der Waals surface area contributed by atoms with E-state index in [2.05, 4.69) is 15.7 Å². The summed E-state index contributed by atoms with van der Waals surface area (Å²) in [5.74, 6) is -0.0855. The van der Waals surface area contributed by atoms with Gasteiger partial charge in [0.25, 0.3) is 0 Å². The molecule has 0 spiro atoms. The van der Waals surface area contributed by atoms with Gasteiger partial charge in [0.2, 0.25) is 10.0 Å². The van der Waals surface area contributed by atoms with E-state index >= 15 is 0 Å². The lowest BCUT2D eigenvalue weighted by Crippen LogP contribution is -2.49. The molecule has 1 atom stereocenters. The van der Waals surface area contributed by atoms with Gasteiger partial charge in [-0.2, -0.15) is 13.1 Å². The van der Waals surface area contributed by atoms with E-state index in [1.807, 2.05) is 49.4 Å². The number of piperazine rings is 1. The molecule has 1 aliphatic rings. The van der Waals surface area contributed by atoms with E-state index in [1.165, 1.54) is 28.6 Å². The molecule has 3 aromatic carbocycles. The van der Waals surface area contributed by atoms with E-state index in [0.717, 1.165) is 16.7 Å². The summed E-state index contributed by atoms with van der Waals surface area (Å²) in [5.41, 5.74) is 3.25. The summed E-state index contributed by atoms with van der Waals surface area (Å²) in [6.07, 6.45) is -0.219. The Morgan fingerprint density at radius 2 is 1.62 bits per heavy atom. The van der Waals surface area contributed by atoms with Crippen LogP contribution in [0, 0.1) is 6.92 Å². The molecule has 1 aliphatic heterocycles. The molecular weight excluding hydrogens is 522 g/mol. The summed E-state index contributed by atoms with van der Waals surface area (Å²) in [7, 11) is -3.75. The van der Waals surface area contributed by atoms with Gasteiger partial charge >= 0.3 is 6.61 Å². The van der Waals surface area contributed by atoms with Gasteiger partial charge in [-0.25, -0.2) is 8.42 Å². The number of halogens is 3. The molecule has 10 heteroatoms. The first-order valence-corrected chi connectivity index (χ1v) is 13.7. The number of hydrogen-bond donors (Lipinski definition) is 0. The molecule has 0 amide bonds. The normalized spacial score (nSPS) is 16.1. The summed E-state index contributed by atoms with van der Waals surface area (Å²) in [6, 6.07) is 20.8. The van der Waals surface area contributed by atoms with Crippen molar-refractivity contribution in [2.75, 3.05) is 32.7 Å². The number of aryl methyl sites for hydroxylation is 1. The molecule has 198 valence electrons. The molecular formula is C27H29ClF2N2O4S. The third-order valence-corrected chi connectivity index (χ3v) is 8.38. The van der Waals surface area contributed by atoms with E-state index in [1.54, 1.807) is 0 Å². The highest BCUT2D eigenvalue weighted by Gasteiger charge is 2.30. The maximum absolute atomic E-state index is 13.1. The van der Waals surface area contributed by atoms with E-state index in [9.17, 15) is 17.2 Å². The molecule has 0 aromatic heterocycles. The van der Waals surface area contributed by atoms with Gasteiger partial charge in [0.15, 0.2) is 0 Å². The van der Waals surface area contributed by atoms with Crippen LogP contribution in [0.5, 0.6) is 5.75 Å². The molecule has 1 saturated heterocycles. The largest absolute Gasteiger partial charge is 0.435 e. The van der Waals surface area contributed by atoms with Crippen LogP contribution in [0.2, 0.25) is 5.02 Å². The highest BCUT2D eigenvalue weighted by molar-refractivity contribution is 7.89. The fraction of sp³-hybridized carbons (Fsp3) is 0.333. The Bertz CT molecular complexity index is 1270. The van der Waals surface area contributed by atoms with Gasteiger partial charge in [-0.15, -0.1) is 0 Å². The number of hydrogen-bond acceptors (Lipinski definition) is 5. The zero-order valence-electron chi connectivity index (χ0n) is 20.4. The number of benzene rings is 3. The maximum Gasteiger partial charge on any atom is 0.387 e. The Morgan fingerprint density at radius 3 is 2.24 bits per heavy atom. The average Bonchev–Trinajstić information content (AvgIpc) is 2.87. The number of rotatable bonds is 10. The van der Waals surface area contributed by atoms with E-state index < -0.39 is 16.6 Å². The minimum Gasteiger partial charge on any atom is -0.435 e. The highest BCUT2D eigenvalue weighted by Crippen LogP contribution is 2.25. The van der Waals surface area contributed by atoms with Gasteiger partial charge < -0.3 is 9.47 Å². The molecule has 0 saturated carbocycles. The van der Waals surface area contributed by atoms with Crippen molar-refractivity contribution < 1.29 is 26.7 Å². The van der Waals surface area contributed by atoms with Crippen molar-refractivity contribution in [1.82, 2.24) is 9.21 Å². The van der Waals surface area contributed by atoms with Crippen molar-refractivity contribution in [1.29, 1.82) is 0 Å². The van der Waals surface area contributed by atoms with Crippen LogP contribution in [0.1, 0.15) is 22.8 Å². The second-order valence-corrected chi connectivity index (χ2v) is 11.3. The van der Waals surface area contributed by atoms with Crippen LogP contribution in [0.3, 0.4) is 0 Å². The molecule has 0 N–H and O–H groups in total. The van der Waals surface area contributed by atoms with Crippen molar-refractivity contribution >= 4 is 21.6 Å². The highest BCUT2D eigenvalue weighted by atomic mass is 35.5. The third kappa shape index (κ3) is 7.49. The van der Waals surface area contributed by atoms with Crippen LogP contribution in [0.15, 0.2) is 77.7 Å². The first-order chi connectivity index (χ1) is 17.7. The SMILES string of the molecule is Cc1cccc(CO[C@H](CN2CCN(S(=O)(=O)c3ccc(OC(F)F)cc3)CC2)c2ccc(Cl)cc2)c1. The lowest BCUT2D eigenvalue weighted by Gasteiger charge is -2.36. The molecule has 1 heterocycles. The molecule has 0 bridgehead atoms. The van der Waals surface area contributed by atoms with E-state index in [-0.39, 0.29) is 16.7 Å². The first-order valence-electron chi connectivity index (χ1n) is 11.9. The molecule has 0 unspecified atom stereocenters. The lowest BCUT2D eigenvalue weighted by atomic mass is 10.1. The molecule has 37 heavy (non-hydrogen) atoms. The van der Waals surface area contributed by atoms with Crippen molar-refractivity contribution in [3.05, 3.63) is 94.5 Å². The predicted molar refractivity (Wildman–Crippen MR) is 138 cm³/mol. The minimum absolute atomic E-state index is 0.0445. The zero-order valence-corrected chi connectivity index (χ0v) is 22.0. The number of ether oxygens (including phenoxy) is 2. The van der Waals surface area contributed by atoms with Crippen LogP contribution in [0.25, 0.3) is 0 Å². The summed E-state index contributed by atoms with van der Waals surface area (Å²) < 4.78 is 63.0. The van der Waals surface area contributed by atoms with E-state index in [0.29, 0.717) is 44.4 Å². The Kier molecular flexibility index (Phi) is 9.15. The van der Waals surface area contributed by atoms with Crippen LogP contribution < -0.4 is 4.74 Å². The fourth-order valence-corrected chi connectivity index (χ4v) is 5.81. The van der Waals surface area contributed by atoms with Crippen LogP contribution in [-0.2, 0) is 21.4 Å². The Morgan fingerprint density at radius 1 is 0.946 bits per heavy atom. The van der Waals surface area contributed by atoms with Gasteiger partial charge in [0, 0.05) is 37.7 Å². The molecule has 3 aromatic rings. The van der Waals surface area contributed by atoms with Crippen molar-refractivity contribution in [3.8, 4) is 5.75 Å². The van der Waals surface area contributed by atoms with Gasteiger partial charge in [0.1, 0.15) is 5.75 Å². The lowest BCUT2D eigenvalue weighted by molar-refractivity contribution is -0.0498. The molecule has 4 rings (SSSR count). The summed E-state index contributed by atoms with van der Waals surface area (Å²) in [5, 5.41) is 0.647. The second-order valence-electron chi connectivity index (χ2n) is 8.89. The third-order valence-electron chi connectivity index (χ3n) is 6.22.